The zero-order valence-electron chi connectivity index (χ0n) is 18.6. The SMILES string of the molecule is CCc1cc2c(cc1CC)CC(NC[C@@H](O)c1ccc(OCC#N)c3[nH]c(=O)ccc13)C2. The number of benzene rings is 2. The standard InChI is InChI=1S/C26H29N3O3/c1-3-16-11-18-13-20(14-19(18)12-17(16)4-2)28-15-23(30)21-5-7-24(32-10-9-27)26-22(21)6-8-25(31)29-26/h5-8,11-12,20,23,28,30H,3-4,10,13-15H2,1-2H3,(H,29,31)/t23-/m1/s1. The molecule has 1 aliphatic carbocycles. The van der Waals surface area contributed by atoms with Gasteiger partial charge in [0.1, 0.15) is 11.8 Å². The Morgan fingerprint density at radius 2 is 1.84 bits per heavy atom. The van der Waals surface area contributed by atoms with Crippen molar-refractivity contribution in [3.63, 3.8) is 0 Å². The van der Waals surface area contributed by atoms with Crippen LogP contribution >= 0.6 is 0 Å². The average molecular weight is 432 g/mol. The lowest BCUT2D eigenvalue weighted by molar-refractivity contribution is 0.171. The summed E-state index contributed by atoms with van der Waals surface area (Å²) in [4.78, 5) is 14.6. The number of nitriles is 1. The van der Waals surface area contributed by atoms with Crippen LogP contribution in [0.5, 0.6) is 5.75 Å². The van der Waals surface area contributed by atoms with E-state index >= 15 is 0 Å². The third-order valence-corrected chi connectivity index (χ3v) is 6.36. The van der Waals surface area contributed by atoms with Gasteiger partial charge in [-0.15, -0.1) is 0 Å². The van der Waals surface area contributed by atoms with Crippen LogP contribution in [0.3, 0.4) is 0 Å². The minimum absolute atomic E-state index is 0.114. The minimum atomic E-state index is -0.741. The largest absolute Gasteiger partial charge is 0.477 e. The molecular weight excluding hydrogens is 402 g/mol. The Hall–Kier alpha value is -3.14. The molecule has 0 saturated carbocycles. The second-order valence-electron chi connectivity index (χ2n) is 8.34. The second kappa shape index (κ2) is 9.56. The van der Waals surface area contributed by atoms with Crippen molar-refractivity contribution < 1.29 is 9.84 Å². The molecule has 2 aromatic carbocycles. The van der Waals surface area contributed by atoms with E-state index in [9.17, 15) is 9.90 Å². The summed E-state index contributed by atoms with van der Waals surface area (Å²) in [7, 11) is 0. The Morgan fingerprint density at radius 1 is 1.16 bits per heavy atom. The Bertz CT molecular complexity index is 1190. The number of hydrogen-bond donors (Lipinski definition) is 3. The van der Waals surface area contributed by atoms with E-state index in [0.717, 1.165) is 25.7 Å². The first-order chi connectivity index (χ1) is 15.5. The highest BCUT2D eigenvalue weighted by molar-refractivity contribution is 5.87. The molecule has 0 saturated heterocycles. The van der Waals surface area contributed by atoms with Crippen LogP contribution in [0.4, 0.5) is 0 Å². The molecule has 32 heavy (non-hydrogen) atoms. The molecule has 0 unspecified atom stereocenters. The molecule has 0 radical (unpaired) electrons. The van der Waals surface area contributed by atoms with Gasteiger partial charge in [-0.05, 0) is 65.6 Å². The van der Waals surface area contributed by atoms with Gasteiger partial charge in [0.2, 0.25) is 5.56 Å². The van der Waals surface area contributed by atoms with Gasteiger partial charge >= 0.3 is 0 Å². The van der Waals surface area contributed by atoms with Crippen LogP contribution < -0.4 is 15.6 Å². The Labute approximate surface area is 187 Å². The van der Waals surface area contributed by atoms with Crippen LogP contribution in [0.1, 0.15) is 47.8 Å². The van der Waals surface area contributed by atoms with E-state index in [2.05, 4.69) is 36.3 Å². The summed E-state index contributed by atoms with van der Waals surface area (Å²) in [6, 6.07) is 13.6. The summed E-state index contributed by atoms with van der Waals surface area (Å²) in [6.07, 6.45) is 3.30. The van der Waals surface area contributed by atoms with Crippen LogP contribution in [0.25, 0.3) is 10.9 Å². The highest BCUT2D eigenvalue weighted by atomic mass is 16.5. The number of pyridine rings is 1. The Kier molecular flexibility index (Phi) is 6.59. The molecule has 0 spiro atoms. The van der Waals surface area contributed by atoms with Crippen LogP contribution in [0.15, 0.2) is 41.2 Å². The first-order valence-corrected chi connectivity index (χ1v) is 11.2. The predicted octanol–water partition coefficient (Wildman–Crippen LogP) is 3.35. The van der Waals surface area contributed by atoms with E-state index in [-0.39, 0.29) is 12.2 Å². The summed E-state index contributed by atoms with van der Waals surface area (Å²) < 4.78 is 5.44. The quantitative estimate of drug-likeness (QED) is 0.508. The summed E-state index contributed by atoms with van der Waals surface area (Å²) in [5.74, 6) is 0.424. The third kappa shape index (κ3) is 4.40. The maximum Gasteiger partial charge on any atom is 0.248 e. The number of aliphatic hydroxyl groups is 1. The highest BCUT2D eigenvalue weighted by Gasteiger charge is 2.24. The van der Waals surface area contributed by atoms with Gasteiger partial charge in [-0.25, -0.2) is 0 Å². The number of H-pyrrole nitrogens is 1. The fourth-order valence-corrected chi connectivity index (χ4v) is 4.73. The normalized spacial score (nSPS) is 14.3. The van der Waals surface area contributed by atoms with Crippen LogP contribution in [-0.4, -0.2) is 29.3 Å². The van der Waals surface area contributed by atoms with Crippen LogP contribution in [0.2, 0.25) is 0 Å². The second-order valence-corrected chi connectivity index (χ2v) is 8.34. The number of aryl methyl sites for hydroxylation is 2. The van der Waals surface area contributed by atoms with E-state index in [0.29, 0.717) is 34.8 Å². The molecule has 1 atom stereocenters. The van der Waals surface area contributed by atoms with Gasteiger partial charge in [0, 0.05) is 24.0 Å². The smallest absolute Gasteiger partial charge is 0.248 e. The van der Waals surface area contributed by atoms with Crippen molar-refractivity contribution in [2.45, 2.75) is 51.7 Å². The van der Waals surface area contributed by atoms with Gasteiger partial charge < -0.3 is 20.1 Å². The summed E-state index contributed by atoms with van der Waals surface area (Å²) in [6.45, 7) is 4.70. The van der Waals surface area contributed by atoms with Crippen molar-refractivity contribution in [3.8, 4) is 11.8 Å². The number of fused-ring (bicyclic) bond motifs is 2. The number of hydrogen-bond acceptors (Lipinski definition) is 5. The van der Waals surface area contributed by atoms with E-state index in [1.54, 1.807) is 18.2 Å². The number of ether oxygens (including phenoxy) is 1. The number of nitrogens with zero attached hydrogens (tertiary/aromatic N) is 1. The highest BCUT2D eigenvalue weighted by Crippen LogP contribution is 2.30. The van der Waals surface area contributed by atoms with Gasteiger partial charge in [0.25, 0.3) is 0 Å². The summed E-state index contributed by atoms with van der Waals surface area (Å²) in [5, 5.41) is 24.0. The predicted molar refractivity (Wildman–Crippen MR) is 125 cm³/mol. The summed E-state index contributed by atoms with van der Waals surface area (Å²) in [5.41, 5.74) is 6.64. The average Bonchev–Trinajstić information content (AvgIpc) is 3.21. The zero-order chi connectivity index (χ0) is 22.7. The van der Waals surface area contributed by atoms with Gasteiger partial charge in [-0.1, -0.05) is 32.0 Å². The first kappa shape index (κ1) is 22.1. The molecule has 1 aliphatic rings. The molecule has 1 aromatic heterocycles. The minimum Gasteiger partial charge on any atom is -0.477 e. The number of nitrogens with one attached hydrogen (secondary N) is 2. The molecule has 6 nitrogen and oxygen atoms in total. The van der Waals surface area contributed by atoms with Crippen molar-refractivity contribution in [3.05, 3.63) is 74.6 Å². The van der Waals surface area contributed by atoms with Gasteiger partial charge in [0.15, 0.2) is 6.61 Å². The molecule has 3 N–H and O–H groups in total. The maximum atomic E-state index is 11.8. The molecule has 0 fully saturated rings. The zero-order valence-corrected chi connectivity index (χ0v) is 18.6. The van der Waals surface area contributed by atoms with Crippen molar-refractivity contribution in [2.75, 3.05) is 13.2 Å². The van der Waals surface area contributed by atoms with Gasteiger partial charge in [-0.3, -0.25) is 4.79 Å². The van der Waals surface area contributed by atoms with E-state index in [1.165, 1.54) is 28.3 Å². The molecule has 4 rings (SSSR count). The van der Waals surface area contributed by atoms with Crippen molar-refractivity contribution >= 4 is 10.9 Å². The lowest BCUT2D eigenvalue weighted by atomic mass is 9.97. The summed E-state index contributed by atoms with van der Waals surface area (Å²) >= 11 is 0. The number of aromatic amines is 1. The Morgan fingerprint density at radius 3 is 2.47 bits per heavy atom. The molecule has 0 aliphatic heterocycles. The topological polar surface area (TPSA) is 98.1 Å². The van der Waals surface area contributed by atoms with Crippen molar-refractivity contribution in [2.24, 2.45) is 0 Å². The van der Waals surface area contributed by atoms with E-state index in [1.807, 2.05) is 6.07 Å². The van der Waals surface area contributed by atoms with E-state index < -0.39 is 6.10 Å². The van der Waals surface area contributed by atoms with Crippen molar-refractivity contribution in [1.29, 1.82) is 5.26 Å². The fraction of sp³-hybridized carbons (Fsp3) is 0.385. The fourth-order valence-electron chi connectivity index (χ4n) is 4.73. The van der Waals surface area contributed by atoms with E-state index in [4.69, 9.17) is 10.00 Å². The molecule has 0 amide bonds. The number of aliphatic hydroxyl groups excluding tert-OH is 1. The van der Waals surface area contributed by atoms with Gasteiger partial charge in [0.05, 0.1) is 11.6 Å². The lowest BCUT2D eigenvalue weighted by Gasteiger charge is -2.19. The van der Waals surface area contributed by atoms with Crippen molar-refractivity contribution in [1.82, 2.24) is 10.3 Å². The van der Waals surface area contributed by atoms with Gasteiger partial charge in [-0.2, -0.15) is 5.26 Å². The molecule has 0 bridgehead atoms. The Balaban J connectivity index is 1.49. The monoisotopic (exact) mass is 431 g/mol. The molecule has 3 aromatic rings. The number of rotatable bonds is 8. The molecule has 6 heteroatoms. The lowest BCUT2D eigenvalue weighted by Crippen LogP contribution is -2.33. The maximum absolute atomic E-state index is 11.8. The molecular formula is C26H29N3O3. The molecule has 166 valence electrons. The van der Waals surface area contributed by atoms with Crippen LogP contribution in [0, 0.1) is 11.3 Å². The first-order valence-electron chi connectivity index (χ1n) is 11.2. The van der Waals surface area contributed by atoms with Crippen LogP contribution in [-0.2, 0) is 25.7 Å². The molecule has 1 heterocycles. The third-order valence-electron chi connectivity index (χ3n) is 6.36. The number of aromatic nitrogens is 1.